The van der Waals surface area contributed by atoms with Crippen LogP contribution in [-0.4, -0.2) is 48.6 Å². The summed E-state index contributed by atoms with van der Waals surface area (Å²) in [7, 11) is 0. The SMILES string of the molecule is O=C(NCC(=O)N1CCOCC12CCC2)c1ccc2c(c1)CCC2. The van der Waals surface area contributed by atoms with Crippen molar-refractivity contribution in [3.05, 3.63) is 34.9 Å². The van der Waals surface area contributed by atoms with E-state index in [-0.39, 0.29) is 23.9 Å². The molecule has 2 amide bonds. The maximum absolute atomic E-state index is 12.6. The molecule has 1 aliphatic heterocycles. The Morgan fingerprint density at radius 2 is 2.00 bits per heavy atom. The van der Waals surface area contributed by atoms with Gasteiger partial charge in [0.1, 0.15) is 0 Å². The van der Waals surface area contributed by atoms with Crippen LogP contribution < -0.4 is 5.32 Å². The first-order valence-corrected chi connectivity index (χ1v) is 8.96. The molecule has 3 aliphatic rings. The van der Waals surface area contributed by atoms with Crippen molar-refractivity contribution < 1.29 is 14.3 Å². The van der Waals surface area contributed by atoms with Crippen molar-refractivity contribution in [1.82, 2.24) is 10.2 Å². The molecule has 2 aliphatic carbocycles. The number of hydrogen-bond acceptors (Lipinski definition) is 3. The van der Waals surface area contributed by atoms with Gasteiger partial charge in [0.05, 0.1) is 25.3 Å². The van der Waals surface area contributed by atoms with E-state index < -0.39 is 0 Å². The number of nitrogens with one attached hydrogen (secondary N) is 1. The predicted octanol–water partition coefficient (Wildman–Crippen LogP) is 1.69. The standard InChI is InChI=1S/C19H24N2O3/c22-17(21-9-10-24-13-19(21)7-2-8-19)12-20-18(23)16-6-5-14-3-1-4-15(14)11-16/h5-6,11H,1-4,7-10,12-13H2,(H,20,23). The summed E-state index contributed by atoms with van der Waals surface area (Å²) in [4.78, 5) is 26.9. The molecule has 24 heavy (non-hydrogen) atoms. The van der Waals surface area contributed by atoms with Crippen LogP contribution in [0.1, 0.15) is 47.2 Å². The minimum atomic E-state index is -0.158. The molecule has 0 radical (unpaired) electrons. The highest BCUT2D eigenvalue weighted by Crippen LogP contribution is 2.39. The molecule has 1 aromatic rings. The third kappa shape index (κ3) is 2.71. The summed E-state index contributed by atoms with van der Waals surface area (Å²) < 4.78 is 5.56. The lowest BCUT2D eigenvalue weighted by atomic mass is 9.75. The molecule has 1 N–H and O–H groups in total. The number of benzene rings is 1. The van der Waals surface area contributed by atoms with Crippen LogP contribution in [0.4, 0.5) is 0 Å². The Morgan fingerprint density at radius 1 is 1.17 bits per heavy atom. The van der Waals surface area contributed by atoms with Crippen LogP contribution in [0.5, 0.6) is 0 Å². The second-order valence-electron chi connectivity index (χ2n) is 7.20. The molecule has 1 spiro atoms. The van der Waals surface area contributed by atoms with E-state index in [1.807, 2.05) is 23.1 Å². The summed E-state index contributed by atoms with van der Waals surface area (Å²) in [6, 6.07) is 5.89. The largest absolute Gasteiger partial charge is 0.377 e. The van der Waals surface area contributed by atoms with E-state index in [0.717, 1.165) is 38.5 Å². The Hall–Kier alpha value is -1.88. The van der Waals surface area contributed by atoms with Crippen molar-refractivity contribution in [3.8, 4) is 0 Å². The quantitative estimate of drug-likeness (QED) is 0.918. The average Bonchev–Trinajstić information content (AvgIpc) is 3.05. The minimum Gasteiger partial charge on any atom is -0.377 e. The van der Waals surface area contributed by atoms with Crippen molar-refractivity contribution in [3.63, 3.8) is 0 Å². The van der Waals surface area contributed by atoms with Crippen molar-refractivity contribution in [2.24, 2.45) is 0 Å². The average molecular weight is 328 g/mol. The molecule has 128 valence electrons. The number of rotatable bonds is 3. The summed E-state index contributed by atoms with van der Waals surface area (Å²) >= 11 is 0. The van der Waals surface area contributed by atoms with E-state index >= 15 is 0 Å². The van der Waals surface area contributed by atoms with E-state index in [1.54, 1.807) is 0 Å². The molecule has 0 unspecified atom stereocenters. The van der Waals surface area contributed by atoms with E-state index in [0.29, 0.717) is 25.3 Å². The third-order valence-electron chi connectivity index (χ3n) is 5.75. The van der Waals surface area contributed by atoms with Gasteiger partial charge in [0.15, 0.2) is 0 Å². The number of amides is 2. The van der Waals surface area contributed by atoms with Gasteiger partial charge in [-0.1, -0.05) is 6.07 Å². The number of ether oxygens (including phenoxy) is 1. The highest BCUT2D eigenvalue weighted by molar-refractivity contribution is 5.96. The fraction of sp³-hybridized carbons (Fsp3) is 0.579. The molecular weight excluding hydrogens is 304 g/mol. The number of morpholine rings is 1. The van der Waals surface area contributed by atoms with E-state index in [4.69, 9.17) is 4.74 Å². The summed E-state index contributed by atoms with van der Waals surface area (Å²) in [6.45, 7) is 1.93. The number of aryl methyl sites for hydroxylation is 2. The first-order valence-electron chi connectivity index (χ1n) is 8.96. The monoisotopic (exact) mass is 328 g/mol. The number of nitrogens with zero attached hydrogens (tertiary/aromatic N) is 1. The third-order valence-corrected chi connectivity index (χ3v) is 5.75. The summed E-state index contributed by atoms with van der Waals surface area (Å²) in [5.41, 5.74) is 3.18. The number of carbonyl (C=O) groups excluding carboxylic acids is 2. The lowest BCUT2D eigenvalue weighted by Crippen LogP contribution is -2.64. The van der Waals surface area contributed by atoms with Crippen LogP contribution in [0, 0.1) is 0 Å². The molecule has 2 fully saturated rings. The van der Waals surface area contributed by atoms with Gasteiger partial charge in [-0.25, -0.2) is 0 Å². The van der Waals surface area contributed by atoms with Crippen LogP contribution in [0.25, 0.3) is 0 Å². The van der Waals surface area contributed by atoms with Crippen LogP contribution in [-0.2, 0) is 22.4 Å². The van der Waals surface area contributed by atoms with Crippen molar-refractivity contribution in [2.75, 3.05) is 26.3 Å². The zero-order valence-electron chi connectivity index (χ0n) is 14.0. The summed E-state index contributed by atoms with van der Waals surface area (Å²) in [5, 5.41) is 2.80. The fourth-order valence-electron chi connectivity index (χ4n) is 4.19. The highest BCUT2D eigenvalue weighted by Gasteiger charge is 2.46. The van der Waals surface area contributed by atoms with Gasteiger partial charge >= 0.3 is 0 Å². The number of fused-ring (bicyclic) bond motifs is 1. The minimum absolute atomic E-state index is 0.00695. The van der Waals surface area contributed by atoms with Gasteiger partial charge in [-0.3, -0.25) is 9.59 Å². The van der Waals surface area contributed by atoms with Gasteiger partial charge in [0.25, 0.3) is 5.91 Å². The molecular formula is C19H24N2O3. The Bertz CT molecular complexity index is 667. The number of hydrogen-bond donors (Lipinski definition) is 1. The summed E-state index contributed by atoms with van der Waals surface area (Å²) in [6.07, 6.45) is 6.49. The Morgan fingerprint density at radius 3 is 2.79 bits per heavy atom. The second-order valence-corrected chi connectivity index (χ2v) is 7.20. The van der Waals surface area contributed by atoms with Crippen LogP contribution in [0.2, 0.25) is 0 Å². The van der Waals surface area contributed by atoms with Gasteiger partial charge in [-0.2, -0.15) is 0 Å². The Balaban J connectivity index is 1.37. The van der Waals surface area contributed by atoms with Gasteiger partial charge in [0.2, 0.25) is 5.91 Å². The zero-order chi connectivity index (χ0) is 16.6. The van der Waals surface area contributed by atoms with Crippen molar-refractivity contribution in [1.29, 1.82) is 0 Å². The molecule has 0 atom stereocenters. The zero-order valence-corrected chi connectivity index (χ0v) is 14.0. The van der Waals surface area contributed by atoms with Crippen molar-refractivity contribution >= 4 is 11.8 Å². The topological polar surface area (TPSA) is 58.6 Å². The lowest BCUT2D eigenvalue weighted by Gasteiger charge is -2.52. The highest BCUT2D eigenvalue weighted by atomic mass is 16.5. The molecule has 5 heteroatoms. The molecule has 4 rings (SSSR count). The molecule has 1 heterocycles. The van der Waals surface area contributed by atoms with Gasteiger partial charge < -0.3 is 15.0 Å². The van der Waals surface area contributed by atoms with Crippen molar-refractivity contribution in [2.45, 2.75) is 44.1 Å². The van der Waals surface area contributed by atoms with Crippen LogP contribution in [0.3, 0.4) is 0 Å². The molecule has 0 aromatic heterocycles. The molecule has 1 saturated heterocycles. The first kappa shape index (κ1) is 15.6. The maximum Gasteiger partial charge on any atom is 0.251 e. The normalized spacial score (nSPS) is 21.2. The predicted molar refractivity (Wildman–Crippen MR) is 89.9 cm³/mol. The fourth-order valence-corrected chi connectivity index (χ4v) is 4.19. The lowest BCUT2D eigenvalue weighted by molar-refractivity contribution is -0.157. The van der Waals surface area contributed by atoms with E-state index in [1.165, 1.54) is 11.1 Å². The first-order chi connectivity index (χ1) is 11.7. The Kier molecular flexibility index (Phi) is 4.04. The molecule has 1 saturated carbocycles. The van der Waals surface area contributed by atoms with Crippen LogP contribution >= 0.6 is 0 Å². The Labute approximate surface area is 142 Å². The second kappa shape index (κ2) is 6.20. The van der Waals surface area contributed by atoms with Gasteiger partial charge in [-0.05, 0) is 61.8 Å². The summed E-state index contributed by atoms with van der Waals surface area (Å²) in [5.74, 6) is -0.151. The van der Waals surface area contributed by atoms with Gasteiger partial charge in [-0.15, -0.1) is 0 Å². The van der Waals surface area contributed by atoms with Crippen LogP contribution in [0.15, 0.2) is 18.2 Å². The molecule has 1 aromatic carbocycles. The maximum atomic E-state index is 12.6. The van der Waals surface area contributed by atoms with E-state index in [2.05, 4.69) is 5.32 Å². The van der Waals surface area contributed by atoms with Gasteiger partial charge in [0, 0.05) is 12.1 Å². The molecule has 5 nitrogen and oxygen atoms in total. The number of carbonyl (C=O) groups is 2. The smallest absolute Gasteiger partial charge is 0.251 e. The molecule has 0 bridgehead atoms. The van der Waals surface area contributed by atoms with E-state index in [9.17, 15) is 9.59 Å².